The van der Waals surface area contributed by atoms with Crippen LogP contribution >= 0.6 is 11.6 Å². The zero-order valence-corrected chi connectivity index (χ0v) is 16.3. The molecule has 1 saturated heterocycles. The number of halogens is 1. The van der Waals surface area contributed by atoms with E-state index in [9.17, 15) is 14.9 Å². The number of nitrogens with zero attached hydrogens (tertiary/aromatic N) is 3. The van der Waals surface area contributed by atoms with Crippen molar-refractivity contribution < 1.29 is 14.5 Å². The van der Waals surface area contributed by atoms with Gasteiger partial charge in [-0.05, 0) is 45.4 Å². The molecule has 0 radical (unpaired) electrons. The SMILES string of the molecule is CC(C)(C)OC(=O)N1CC2CC(Nc3c(Cl)cnc(N)c3[N+](=O)[O-])CC2C1. The monoisotopic (exact) mass is 397 g/mol. The third-order valence-electron chi connectivity index (χ3n) is 4.97. The van der Waals surface area contributed by atoms with E-state index in [-0.39, 0.29) is 34.4 Å². The molecule has 0 bridgehead atoms. The number of nitrogens with one attached hydrogen (secondary N) is 1. The maximum absolute atomic E-state index is 12.2. The van der Waals surface area contributed by atoms with Gasteiger partial charge in [0.25, 0.3) is 0 Å². The van der Waals surface area contributed by atoms with E-state index in [2.05, 4.69) is 10.3 Å². The molecular formula is C17H24ClN5O4. The zero-order chi connectivity index (χ0) is 19.9. The highest BCUT2D eigenvalue weighted by molar-refractivity contribution is 6.33. The van der Waals surface area contributed by atoms with Crippen molar-refractivity contribution in [3.8, 4) is 0 Å². The van der Waals surface area contributed by atoms with Gasteiger partial charge >= 0.3 is 11.8 Å². The Bertz CT molecular complexity index is 752. The predicted molar refractivity (Wildman–Crippen MR) is 102 cm³/mol. The van der Waals surface area contributed by atoms with E-state index in [1.54, 1.807) is 4.90 Å². The molecule has 2 unspecified atom stereocenters. The molecule has 148 valence electrons. The number of hydrogen-bond donors (Lipinski definition) is 2. The van der Waals surface area contributed by atoms with Gasteiger partial charge in [0.05, 0.1) is 16.1 Å². The first-order chi connectivity index (χ1) is 12.5. The lowest BCUT2D eigenvalue weighted by atomic mass is 10.0. The Labute approximate surface area is 162 Å². The van der Waals surface area contributed by atoms with Crippen LogP contribution in [0.1, 0.15) is 33.6 Å². The van der Waals surface area contributed by atoms with Gasteiger partial charge in [-0.3, -0.25) is 10.1 Å². The van der Waals surface area contributed by atoms with Gasteiger partial charge in [0, 0.05) is 19.1 Å². The van der Waals surface area contributed by atoms with Crippen molar-refractivity contribution in [1.29, 1.82) is 0 Å². The van der Waals surface area contributed by atoms with Crippen molar-refractivity contribution in [2.24, 2.45) is 11.8 Å². The molecule has 2 fully saturated rings. The molecule has 3 rings (SSSR count). The van der Waals surface area contributed by atoms with Crippen LogP contribution in [0.3, 0.4) is 0 Å². The quantitative estimate of drug-likeness (QED) is 0.592. The summed E-state index contributed by atoms with van der Waals surface area (Å²) in [6.07, 6.45) is 2.60. The fraction of sp³-hybridized carbons (Fsp3) is 0.647. The van der Waals surface area contributed by atoms with Gasteiger partial charge in [-0.1, -0.05) is 11.6 Å². The maximum Gasteiger partial charge on any atom is 0.410 e. The number of nitrogen functional groups attached to an aromatic ring is 1. The first-order valence-corrected chi connectivity index (χ1v) is 9.25. The van der Waals surface area contributed by atoms with Gasteiger partial charge in [0.1, 0.15) is 11.3 Å². The molecule has 3 N–H and O–H groups in total. The number of ether oxygens (including phenoxy) is 1. The molecule has 2 heterocycles. The number of carbonyl (C=O) groups is 1. The third-order valence-corrected chi connectivity index (χ3v) is 5.26. The summed E-state index contributed by atoms with van der Waals surface area (Å²) in [5, 5.41) is 14.7. The van der Waals surface area contributed by atoms with Crippen LogP contribution in [0, 0.1) is 22.0 Å². The molecule has 1 aromatic heterocycles. The summed E-state index contributed by atoms with van der Waals surface area (Å²) in [6, 6.07) is 0.0267. The van der Waals surface area contributed by atoms with Crippen molar-refractivity contribution in [2.45, 2.75) is 45.3 Å². The number of fused-ring (bicyclic) bond motifs is 1. The minimum Gasteiger partial charge on any atom is -0.444 e. The topological polar surface area (TPSA) is 124 Å². The van der Waals surface area contributed by atoms with E-state index in [0.29, 0.717) is 24.9 Å². The summed E-state index contributed by atoms with van der Waals surface area (Å²) in [4.78, 5) is 28.5. The lowest BCUT2D eigenvalue weighted by molar-refractivity contribution is -0.383. The number of amides is 1. The molecule has 1 aromatic rings. The van der Waals surface area contributed by atoms with Gasteiger partial charge < -0.3 is 20.7 Å². The van der Waals surface area contributed by atoms with E-state index in [0.717, 1.165) is 12.8 Å². The van der Waals surface area contributed by atoms with Crippen LogP contribution in [-0.2, 0) is 4.74 Å². The highest BCUT2D eigenvalue weighted by Crippen LogP contribution is 2.42. The number of likely N-dealkylation sites (tertiary alicyclic amines) is 1. The Hall–Kier alpha value is -2.29. The molecule has 1 amide bonds. The average molecular weight is 398 g/mol. The Morgan fingerprint density at radius 3 is 2.52 bits per heavy atom. The van der Waals surface area contributed by atoms with Gasteiger partial charge in [-0.15, -0.1) is 0 Å². The maximum atomic E-state index is 12.2. The highest BCUT2D eigenvalue weighted by Gasteiger charge is 2.44. The standard InChI is InChI=1S/C17H24ClN5O4/c1-17(2,3)27-16(24)22-7-9-4-11(5-10(9)8-22)21-13-12(18)6-20-15(19)14(13)23(25)26/h6,9-11H,4-5,7-8H2,1-3H3,(H3,19,20,21). The van der Waals surface area contributed by atoms with E-state index >= 15 is 0 Å². The summed E-state index contributed by atoms with van der Waals surface area (Å²) < 4.78 is 5.44. The van der Waals surface area contributed by atoms with Gasteiger partial charge in [-0.25, -0.2) is 9.78 Å². The molecular weight excluding hydrogens is 374 g/mol. The van der Waals surface area contributed by atoms with Crippen molar-refractivity contribution in [2.75, 3.05) is 24.1 Å². The van der Waals surface area contributed by atoms with E-state index < -0.39 is 10.5 Å². The van der Waals surface area contributed by atoms with Crippen LogP contribution < -0.4 is 11.1 Å². The second-order valence-corrected chi connectivity index (χ2v) is 8.60. The summed E-state index contributed by atoms with van der Waals surface area (Å²) in [7, 11) is 0. The fourth-order valence-corrected chi connectivity index (χ4v) is 4.11. The fourth-order valence-electron chi connectivity index (χ4n) is 3.91. The van der Waals surface area contributed by atoms with E-state index in [4.69, 9.17) is 22.1 Å². The van der Waals surface area contributed by atoms with Crippen LogP contribution in [0.4, 0.5) is 22.0 Å². The van der Waals surface area contributed by atoms with Crippen LogP contribution in [-0.4, -0.2) is 45.6 Å². The number of anilines is 2. The van der Waals surface area contributed by atoms with Crippen molar-refractivity contribution in [1.82, 2.24) is 9.88 Å². The van der Waals surface area contributed by atoms with E-state index in [1.807, 2.05) is 20.8 Å². The third kappa shape index (κ3) is 4.18. The Balaban J connectivity index is 1.65. The normalized spacial score (nSPS) is 24.6. The molecule has 9 nitrogen and oxygen atoms in total. The van der Waals surface area contributed by atoms with E-state index in [1.165, 1.54) is 6.20 Å². The van der Waals surface area contributed by atoms with Crippen molar-refractivity contribution >= 4 is 34.9 Å². The minimum absolute atomic E-state index is 0.0267. The second kappa shape index (κ2) is 7.03. The molecule has 1 aliphatic carbocycles. The number of pyridine rings is 1. The first-order valence-electron chi connectivity index (χ1n) is 8.88. The summed E-state index contributed by atoms with van der Waals surface area (Å²) in [5.41, 5.74) is 5.05. The van der Waals surface area contributed by atoms with Crippen LogP contribution in [0.2, 0.25) is 5.02 Å². The van der Waals surface area contributed by atoms with Crippen LogP contribution in [0.5, 0.6) is 0 Å². The van der Waals surface area contributed by atoms with Gasteiger partial charge in [0.15, 0.2) is 0 Å². The number of nitro groups is 1. The molecule has 27 heavy (non-hydrogen) atoms. The lowest BCUT2D eigenvalue weighted by Crippen LogP contribution is -2.36. The number of rotatable bonds is 3. The molecule has 0 spiro atoms. The number of nitrogens with two attached hydrogens (primary N) is 1. The van der Waals surface area contributed by atoms with Gasteiger partial charge in [0.2, 0.25) is 5.82 Å². The van der Waals surface area contributed by atoms with Crippen molar-refractivity contribution in [3.63, 3.8) is 0 Å². The van der Waals surface area contributed by atoms with Crippen LogP contribution in [0.15, 0.2) is 6.20 Å². The smallest absolute Gasteiger partial charge is 0.410 e. The van der Waals surface area contributed by atoms with Crippen LogP contribution in [0.25, 0.3) is 0 Å². The number of aromatic nitrogens is 1. The average Bonchev–Trinajstić information content (AvgIpc) is 3.07. The van der Waals surface area contributed by atoms with Crippen molar-refractivity contribution in [3.05, 3.63) is 21.3 Å². The van der Waals surface area contributed by atoms with Gasteiger partial charge in [-0.2, -0.15) is 0 Å². The second-order valence-electron chi connectivity index (χ2n) is 8.19. The molecule has 10 heteroatoms. The Morgan fingerprint density at radius 1 is 1.41 bits per heavy atom. The molecule has 2 aliphatic rings. The molecule has 0 aromatic carbocycles. The number of carbonyl (C=O) groups excluding carboxylic acids is 1. The minimum atomic E-state index is -0.573. The highest BCUT2D eigenvalue weighted by atomic mass is 35.5. The Morgan fingerprint density at radius 2 is 2.00 bits per heavy atom. The first kappa shape index (κ1) is 19.5. The lowest BCUT2D eigenvalue weighted by Gasteiger charge is -2.25. The summed E-state index contributed by atoms with van der Waals surface area (Å²) >= 11 is 6.12. The number of hydrogen-bond acceptors (Lipinski definition) is 7. The summed E-state index contributed by atoms with van der Waals surface area (Å²) in [5.74, 6) is 0.486. The molecule has 1 aliphatic heterocycles. The zero-order valence-electron chi connectivity index (χ0n) is 15.6. The molecule has 2 atom stereocenters. The molecule has 1 saturated carbocycles. The Kier molecular flexibility index (Phi) is 5.07. The predicted octanol–water partition coefficient (Wildman–Crippen LogP) is 3.28. The summed E-state index contributed by atoms with van der Waals surface area (Å²) in [6.45, 7) is 6.80. The largest absolute Gasteiger partial charge is 0.444 e.